The van der Waals surface area contributed by atoms with Gasteiger partial charge in [-0.15, -0.1) is 5.10 Å². The second-order valence-electron chi connectivity index (χ2n) is 10.8. The van der Waals surface area contributed by atoms with Gasteiger partial charge in [0.2, 0.25) is 0 Å². The molecule has 1 aliphatic rings. The Labute approximate surface area is 271 Å². The predicted octanol–water partition coefficient (Wildman–Crippen LogP) is 7.70. The molecule has 1 saturated heterocycles. The number of aromatic nitrogens is 4. The lowest BCUT2D eigenvalue weighted by molar-refractivity contribution is -0.384. The molecule has 3 heterocycles. The lowest BCUT2D eigenvalue weighted by atomic mass is 10.0. The second kappa shape index (κ2) is 13.9. The molecule has 226 valence electrons. The minimum absolute atomic E-state index is 0.116. The summed E-state index contributed by atoms with van der Waals surface area (Å²) in [6.45, 7) is 2.87. The van der Waals surface area contributed by atoms with Crippen molar-refractivity contribution in [1.29, 1.82) is 0 Å². The first-order valence-electron chi connectivity index (χ1n) is 14.4. The standard InChI is InChI=1S/C32H30Br2N6O4/c33-24-9-7-23(8-10-24)32(43-21-28-18-31(36-44-28)29-3-1-2-4-30(29)34)17-25-20-39(37-35-25)26-13-15-38(16-14-26)19-22-5-11-27(12-6-22)40(41)42/h1-12,18,20,26,32H,13-17,19,21H2. The van der Waals surface area contributed by atoms with Gasteiger partial charge >= 0.3 is 0 Å². The fourth-order valence-electron chi connectivity index (χ4n) is 5.41. The first-order chi connectivity index (χ1) is 21.4. The number of nitro benzene ring substituents is 1. The van der Waals surface area contributed by atoms with Gasteiger partial charge in [-0.3, -0.25) is 15.0 Å². The molecule has 1 fully saturated rings. The average Bonchev–Trinajstić information content (AvgIpc) is 3.71. The molecular formula is C32H30Br2N6O4. The van der Waals surface area contributed by atoms with Crippen LogP contribution >= 0.6 is 31.9 Å². The van der Waals surface area contributed by atoms with Gasteiger partial charge in [0.25, 0.3) is 5.69 Å². The van der Waals surface area contributed by atoms with Crippen LogP contribution in [0.25, 0.3) is 11.3 Å². The molecule has 1 atom stereocenters. The van der Waals surface area contributed by atoms with Crippen LogP contribution in [0.1, 0.15) is 47.6 Å². The van der Waals surface area contributed by atoms with Gasteiger partial charge in [0.1, 0.15) is 12.3 Å². The van der Waals surface area contributed by atoms with Crippen molar-refractivity contribution in [2.24, 2.45) is 0 Å². The topological polar surface area (TPSA) is 112 Å². The fraction of sp³-hybridized carbons (Fsp3) is 0.281. The zero-order chi connectivity index (χ0) is 30.5. The molecule has 0 spiro atoms. The summed E-state index contributed by atoms with van der Waals surface area (Å²) in [5.41, 5.74) is 4.79. The van der Waals surface area contributed by atoms with Crippen molar-refractivity contribution in [3.63, 3.8) is 0 Å². The van der Waals surface area contributed by atoms with Crippen molar-refractivity contribution in [2.75, 3.05) is 13.1 Å². The molecule has 5 aromatic rings. The predicted molar refractivity (Wildman–Crippen MR) is 172 cm³/mol. The summed E-state index contributed by atoms with van der Waals surface area (Å²) >= 11 is 7.10. The molecule has 2 aromatic heterocycles. The maximum absolute atomic E-state index is 10.9. The molecule has 1 unspecified atom stereocenters. The summed E-state index contributed by atoms with van der Waals surface area (Å²) in [7, 11) is 0. The number of ether oxygens (including phenoxy) is 1. The van der Waals surface area contributed by atoms with Crippen LogP contribution in [-0.2, 0) is 24.3 Å². The van der Waals surface area contributed by atoms with E-state index in [1.54, 1.807) is 12.1 Å². The molecule has 6 rings (SSSR count). The quantitative estimate of drug-likeness (QED) is 0.101. The molecule has 0 radical (unpaired) electrons. The van der Waals surface area contributed by atoms with Gasteiger partial charge in [0.05, 0.1) is 22.8 Å². The molecular weight excluding hydrogens is 692 g/mol. The van der Waals surface area contributed by atoms with Crippen LogP contribution in [0.15, 0.2) is 98.5 Å². The summed E-state index contributed by atoms with van der Waals surface area (Å²) in [5, 5.41) is 24.2. The van der Waals surface area contributed by atoms with E-state index in [4.69, 9.17) is 9.26 Å². The fourth-order valence-corrected chi connectivity index (χ4v) is 6.16. The minimum Gasteiger partial charge on any atom is -0.365 e. The van der Waals surface area contributed by atoms with Crippen LogP contribution in [-0.4, -0.2) is 43.1 Å². The van der Waals surface area contributed by atoms with Crippen molar-refractivity contribution < 1.29 is 14.2 Å². The molecule has 0 amide bonds. The highest BCUT2D eigenvalue weighted by Gasteiger charge is 2.23. The monoisotopic (exact) mass is 720 g/mol. The second-order valence-corrected chi connectivity index (χ2v) is 12.6. The number of hydrogen-bond donors (Lipinski definition) is 0. The minimum atomic E-state index is -0.369. The highest BCUT2D eigenvalue weighted by atomic mass is 79.9. The third-order valence-corrected chi connectivity index (χ3v) is 9.03. The largest absolute Gasteiger partial charge is 0.365 e. The molecule has 3 aromatic carbocycles. The van der Waals surface area contributed by atoms with Crippen LogP contribution < -0.4 is 0 Å². The van der Waals surface area contributed by atoms with E-state index in [1.165, 1.54) is 0 Å². The van der Waals surface area contributed by atoms with Crippen LogP contribution in [0.2, 0.25) is 0 Å². The van der Waals surface area contributed by atoms with Gasteiger partial charge in [0.15, 0.2) is 5.76 Å². The molecule has 44 heavy (non-hydrogen) atoms. The number of rotatable bonds is 11. The smallest absolute Gasteiger partial charge is 0.269 e. The number of nitro groups is 1. The van der Waals surface area contributed by atoms with E-state index in [0.29, 0.717) is 12.2 Å². The first-order valence-corrected chi connectivity index (χ1v) is 15.9. The van der Waals surface area contributed by atoms with Crippen molar-refractivity contribution in [1.82, 2.24) is 25.1 Å². The normalized spacial score (nSPS) is 15.0. The van der Waals surface area contributed by atoms with Gasteiger partial charge in [-0.25, -0.2) is 4.68 Å². The highest BCUT2D eigenvalue weighted by Crippen LogP contribution is 2.30. The summed E-state index contributed by atoms with van der Waals surface area (Å²) in [5.74, 6) is 0.641. The van der Waals surface area contributed by atoms with Crippen LogP contribution in [0, 0.1) is 10.1 Å². The van der Waals surface area contributed by atoms with E-state index in [-0.39, 0.29) is 29.4 Å². The number of likely N-dealkylation sites (tertiary alicyclic amines) is 1. The number of piperidine rings is 1. The highest BCUT2D eigenvalue weighted by molar-refractivity contribution is 9.10. The zero-order valence-electron chi connectivity index (χ0n) is 23.8. The number of nitrogens with zero attached hydrogens (tertiary/aromatic N) is 6. The number of benzene rings is 3. The maximum atomic E-state index is 10.9. The summed E-state index contributed by atoms with van der Waals surface area (Å²) < 4.78 is 15.9. The first kappa shape index (κ1) is 30.3. The lowest BCUT2D eigenvalue weighted by Crippen LogP contribution is -2.34. The maximum Gasteiger partial charge on any atom is 0.269 e. The third-order valence-electron chi connectivity index (χ3n) is 7.81. The van der Waals surface area contributed by atoms with E-state index in [0.717, 1.165) is 69.5 Å². The van der Waals surface area contributed by atoms with Crippen molar-refractivity contribution in [3.05, 3.63) is 127 Å². The lowest BCUT2D eigenvalue weighted by Gasteiger charge is -2.31. The average molecular weight is 722 g/mol. The number of non-ortho nitro benzene ring substituents is 1. The van der Waals surface area contributed by atoms with E-state index in [1.807, 2.05) is 77.6 Å². The number of hydrogen-bond acceptors (Lipinski definition) is 8. The van der Waals surface area contributed by atoms with Crippen molar-refractivity contribution in [3.8, 4) is 11.3 Å². The molecule has 1 aliphatic heterocycles. The molecule has 0 aliphatic carbocycles. The molecule has 0 N–H and O–H groups in total. The Balaban J connectivity index is 1.07. The Morgan fingerprint density at radius 1 is 1.02 bits per heavy atom. The molecule has 0 bridgehead atoms. The van der Waals surface area contributed by atoms with Gasteiger partial charge in [0, 0.05) is 65.0 Å². The molecule has 12 heteroatoms. The third kappa shape index (κ3) is 7.49. The van der Waals surface area contributed by atoms with Gasteiger partial charge in [-0.05, 0) is 42.2 Å². The zero-order valence-corrected chi connectivity index (χ0v) is 26.9. The van der Waals surface area contributed by atoms with Crippen molar-refractivity contribution in [2.45, 2.75) is 44.6 Å². The molecule has 0 saturated carbocycles. The van der Waals surface area contributed by atoms with E-state index in [2.05, 4.69) is 52.2 Å². The Kier molecular flexibility index (Phi) is 9.60. The Hall–Kier alpha value is -3.71. The van der Waals surface area contributed by atoms with E-state index in [9.17, 15) is 10.1 Å². The SMILES string of the molecule is O=[N+]([O-])c1ccc(CN2CCC(n3cc(CC(OCc4cc(-c5ccccc5Br)no4)c4ccc(Br)cc4)nn3)CC2)cc1. The van der Waals surface area contributed by atoms with E-state index >= 15 is 0 Å². The van der Waals surface area contributed by atoms with Crippen molar-refractivity contribution >= 4 is 37.5 Å². The summed E-state index contributed by atoms with van der Waals surface area (Å²) in [4.78, 5) is 12.9. The van der Waals surface area contributed by atoms with Crippen LogP contribution in [0.3, 0.4) is 0 Å². The summed E-state index contributed by atoms with van der Waals surface area (Å²) in [6.07, 6.45) is 4.24. The Bertz CT molecular complexity index is 1700. The Morgan fingerprint density at radius 2 is 1.77 bits per heavy atom. The van der Waals surface area contributed by atoms with Gasteiger partial charge in [-0.2, -0.15) is 0 Å². The molecule has 10 nitrogen and oxygen atoms in total. The number of halogens is 2. The summed E-state index contributed by atoms with van der Waals surface area (Å²) in [6, 6.07) is 25.0. The van der Waals surface area contributed by atoms with Crippen LogP contribution in [0.4, 0.5) is 5.69 Å². The van der Waals surface area contributed by atoms with Gasteiger partial charge < -0.3 is 9.26 Å². The Morgan fingerprint density at radius 3 is 2.50 bits per heavy atom. The van der Waals surface area contributed by atoms with E-state index < -0.39 is 0 Å². The van der Waals surface area contributed by atoms with Crippen LogP contribution in [0.5, 0.6) is 0 Å². The van der Waals surface area contributed by atoms with Gasteiger partial charge in [-0.1, -0.05) is 84.7 Å².